The van der Waals surface area contributed by atoms with Gasteiger partial charge in [0.25, 0.3) is 0 Å². The maximum Gasteiger partial charge on any atom is 0.118 e. The van der Waals surface area contributed by atoms with Gasteiger partial charge in [-0.1, -0.05) is 13.8 Å². The zero-order valence-corrected chi connectivity index (χ0v) is 13.0. The molecule has 0 bridgehead atoms. The van der Waals surface area contributed by atoms with Crippen molar-refractivity contribution in [3.8, 4) is 0 Å². The molecule has 0 saturated carbocycles. The Morgan fingerprint density at radius 1 is 1.42 bits per heavy atom. The molecule has 0 radical (unpaired) electrons. The molecule has 0 aromatic carbocycles. The molecule has 1 N–H and O–H groups in total. The average Bonchev–Trinajstić information content (AvgIpc) is 2.68. The Balaban J connectivity index is 2.44. The van der Waals surface area contributed by atoms with E-state index in [1.807, 2.05) is 6.92 Å². The summed E-state index contributed by atoms with van der Waals surface area (Å²) < 4.78 is 10.8. The SMILES string of the molecule is COCCCN(C)Cc1cc(CNC(C)C)oc1C. The van der Waals surface area contributed by atoms with Gasteiger partial charge in [0.1, 0.15) is 11.5 Å². The Morgan fingerprint density at radius 2 is 2.16 bits per heavy atom. The number of hydrogen-bond acceptors (Lipinski definition) is 4. The topological polar surface area (TPSA) is 37.6 Å². The van der Waals surface area contributed by atoms with Crippen molar-refractivity contribution in [1.82, 2.24) is 10.2 Å². The minimum Gasteiger partial charge on any atom is -0.465 e. The molecule has 0 aliphatic rings. The van der Waals surface area contributed by atoms with Crippen molar-refractivity contribution in [2.75, 3.05) is 27.3 Å². The molecule has 1 aromatic heterocycles. The first-order valence-corrected chi connectivity index (χ1v) is 7.02. The summed E-state index contributed by atoms with van der Waals surface area (Å²) in [5.41, 5.74) is 1.28. The molecule has 0 amide bonds. The van der Waals surface area contributed by atoms with Crippen molar-refractivity contribution in [3.05, 3.63) is 23.2 Å². The summed E-state index contributed by atoms with van der Waals surface area (Å²) >= 11 is 0. The van der Waals surface area contributed by atoms with E-state index in [9.17, 15) is 0 Å². The predicted octanol–water partition coefficient (Wildman–Crippen LogP) is 2.55. The van der Waals surface area contributed by atoms with Crippen LogP contribution in [0.1, 0.15) is 37.4 Å². The van der Waals surface area contributed by atoms with Crippen LogP contribution < -0.4 is 5.32 Å². The summed E-state index contributed by atoms with van der Waals surface area (Å²) in [6.07, 6.45) is 1.06. The summed E-state index contributed by atoms with van der Waals surface area (Å²) in [5, 5.41) is 3.37. The third-order valence-corrected chi connectivity index (χ3v) is 3.08. The molecular formula is C15H28N2O2. The van der Waals surface area contributed by atoms with Crippen LogP contribution in [-0.2, 0) is 17.8 Å². The fourth-order valence-corrected chi connectivity index (χ4v) is 1.99. The first-order valence-electron chi connectivity index (χ1n) is 7.02. The standard InChI is InChI=1S/C15H28N2O2/c1-12(2)16-10-15-9-14(13(3)19-15)11-17(4)7-6-8-18-5/h9,12,16H,6-8,10-11H2,1-5H3. The smallest absolute Gasteiger partial charge is 0.118 e. The Morgan fingerprint density at radius 3 is 2.79 bits per heavy atom. The van der Waals surface area contributed by atoms with Gasteiger partial charge < -0.3 is 19.4 Å². The molecule has 1 rings (SSSR count). The molecule has 4 heteroatoms. The highest BCUT2D eigenvalue weighted by Gasteiger charge is 2.10. The first-order chi connectivity index (χ1) is 9.02. The van der Waals surface area contributed by atoms with Crippen LogP contribution in [0.2, 0.25) is 0 Å². The van der Waals surface area contributed by atoms with Gasteiger partial charge in [0.15, 0.2) is 0 Å². The Bertz CT molecular complexity index is 361. The van der Waals surface area contributed by atoms with Gasteiger partial charge in [0.05, 0.1) is 6.54 Å². The van der Waals surface area contributed by atoms with E-state index in [0.29, 0.717) is 6.04 Å². The second-order valence-electron chi connectivity index (χ2n) is 5.41. The lowest BCUT2D eigenvalue weighted by molar-refractivity contribution is 0.178. The third kappa shape index (κ3) is 6.23. The van der Waals surface area contributed by atoms with Crippen molar-refractivity contribution in [2.24, 2.45) is 0 Å². The van der Waals surface area contributed by atoms with Crippen molar-refractivity contribution in [2.45, 2.75) is 46.3 Å². The lowest BCUT2D eigenvalue weighted by Gasteiger charge is -2.15. The van der Waals surface area contributed by atoms with Crippen molar-refractivity contribution in [3.63, 3.8) is 0 Å². The quantitative estimate of drug-likeness (QED) is 0.699. The number of nitrogens with one attached hydrogen (secondary N) is 1. The molecule has 19 heavy (non-hydrogen) atoms. The van der Waals surface area contributed by atoms with Crippen LogP contribution in [0.4, 0.5) is 0 Å². The number of ether oxygens (including phenoxy) is 1. The van der Waals surface area contributed by atoms with Gasteiger partial charge in [-0.25, -0.2) is 0 Å². The minimum atomic E-state index is 0.477. The molecule has 0 unspecified atom stereocenters. The first kappa shape index (κ1) is 16.2. The van der Waals surface area contributed by atoms with Crippen molar-refractivity contribution < 1.29 is 9.15 Å². The fourth-order valence-electron chi connectivity index (χ4n) is 1.99. The van der Waals surface area contributed by atoms with Gasteiger partial charge in [-0.05, 0) is 26.5 Å². The van der Waals surface area contributed by atoms with E-state index < -0.39 is 0 Å². The molecular weight excluding hydrogens is 240 g/mol. The molecule has 110 valence electrons. The van der Waals surface area contributed by atoms with Gasteiger partial charge in [-0.3, -0.25) is 0 Å². The van der Waals surface area contributed by atoms with Gasteiger partial charge in [0.2, 0.25) is 0 Å². The number of methoxy groups -OCH3 is 1. The maximum atomic E-state index is 5.78. The normalized spacial score (nSPS) is 11.7. The minimum absolute atomic E-state index is 0.477. The van der Waals surface area contributed by atoms with E-state index in [1.165, 1.54) is 5.56 Å². The second kappa shape index (κ2) is 8.35. The van der Waals surface area contributed by atoms with Crippen LogP contribution in [0.3, 0.4) is 0 Å². The van der Waals surface area contributed by atoms with Crippen molar-refractivity contribution in [1.29, 1.82) is 0 Å². The molecule has 0 saturated heterocycles. The molecule has 0 fully saturated rings. The van der Waals surface area contributed by atoms with E-state index in [0.717, 1.165) is 44.2 Å². The largest absolute Gasteiger partial charge is 0.465 e. The summed E-state index contributed by atoms with van der Waals surface area (Å²) in [6, 6.07) is 2.64. The highest BCUT2D eigenvalue weighted by Crippen LogP contribution is 2.16. The summed E-state index contributed by atoms with van der Waals surface area (Å²) in [6.45, 7) is 9.90. The monoisotopic (exact) mass is 268 g/mol. The van der Waals surface area contributed by atoms with E-state index in [2.05, 4.69) is 37.2 Å². The molecule has 0 atom stereocenters. The predicted molar refractivity (Wildman–Crippen MR) is 78.2 cm³/mol. The molecule has 0 aliphatic carbocycles. The van der Waals surface area contributed by atoms with Crippen LogP contribution in [0, 0.1) is 6.92 Å². The average molecular weight is 268 g/mol. The molecule has 1 aromatic rings. The van der Waals surface area contributed by atoms with Crippen molar-refractivity contribution >= 4 is 0 Å². The fraction of sp³-hybridized carbons (Fsp3) is 0.733. The summed E-state index contributed by atoms with van der Waals surface area (Å²) in [5.74, 6) is 2.05. The van der Waals surface area contributed by atoms with E-state index in [-0.39, 0.29) is 0 Å². The molecule has 1 heterocycles. The molecule has 0 aliphatic heterocycles. The van der Waals surface area contributed by atoms with Gasteiger partial charge in [0, 0.05) is 38.4 Å². The van der Waals surface area contributed by atoms with Gasteiger partial charge >= 0.3 is 0 Å². The van der Waals surface area contributed by atoms with Crippen LogP contribution in [0.5, 0.6) is 0 Å². The number of hydrogen-bond donors (Lipinski definition) is 1. The van der Waals surface area contributed by atoms with Crippen LogP contribution >= 0.6 is 0 Å². The molecule has 4 nitrogen and oxygen atoms in total. The highest BCUT2D eigenvalue weighted by molar-refractivity contribution is 5.20. The Hall–Kier alpha value is -0.840. The number of aryl methyl sites for hydroxylation is 1. The summed E-state index contributed by atoms with van der Waals surface area (Å²) in [4.78, 5) is 2.30. The lowest BCUT2D eigenvalue weighted by Crippen LogP contribution is -2.21. The number of furan rings is 1. The van der Waals surface area contributed by atoms with E-state index in [1.54, 1.807) is 7.11 Å². The lowest BCUT2D eigenvalue weighted by atomic mass is 10.2. The summed E-state index contributed by atoms with van der Waals surface area (Å²) in [7, 11) is 3.88. The van der Waals surface area contributed by atoms with E-state index >= 15 is 0 Å². The zero-order chi connectivity index (χ0) is 14.3. The third-order valence-electron chi connectivity index (χ3n) is 3.08. The van der Waals surface area contributed by atoms with Gasteiger partial charge in [-0.15, -0.1) is 0 Å². The Labute approximate surface area is 117 Å². The maximum absolute atomic E-state index is 5.78. The number of nitrogens with zero attached hydrogens (tertiary/aromatic N) is 1. The Kier molecular flexibility index (Phi) is 7.13. The zero-order valence-electron chi connectivity index (χ0n) is 13.0. The second-order valence-corrected chi connectivity index (χ2v) is 5.41. The van der Waals surface area contributed by atoms with Crippen LogP contribution in [0.15, 0.2) is 10.5 Å². The highest BCUT2D eigenvalue weighted by atomic mass is 16.5. The van der Waals surface area contributed by atoms with Crippen LogP contribution in [0.25, 0.3) is 0 Å². The van der Waals surface area contributed by atoms with Gasteiger partial charge in [-0.2, -0.15) is 0 Å². The van der Waals surface area contributed by atoms with Crippen LogP contribution in [-0.4, -0.2) is 38.3 Å². The number of rotatable bonds is 9. The van der Waals surface area contributed by atoms with E-state index in [4.69, 9.17) is 9.15 Å². The molecule has 0 spiro atoms.